The number of hydrogen-bond donors (Lipinski definition) is 1. The largest absolute Gasteiger partial charge is 0.493 e. The van der Waals surface area contributed by atoms with Gasteiger partial charge in [0, 0.05) is 23.6 Å². The summed E-state index contributed by atoms with van der Waals surface area (Å²) in [5, 5.41) is 14.7. The first-order chi connectivity index (χ1) is 15.1. The summed E-state index contributed by atoms with van der Waals surface area (Å²) in [5.74, 6) is 1.40. The molecule has 0 aliphatic carbocycles. The van der Waals surface area contributed by atoms with Crippen molar-refractivity contribution in [2.45, 2.75) is 19.1 Å². The zero-order valence-electron chi connectivity index (χ0n) is 17.4. The molecule has 11 heteroatoms. The Morgan fingerprint density at radius 1 is 1.12 bits per heavy atom. The summed E-state index contributed by atoms with van der Waals surface area (Å²) < 4.78 is 50.4. The Morgan fingerprint density at radius 2 is 1.78 bits per heavy atom. The van der Waals surface area contributed by atoms with Gasteiger partial charge in [0.15, 0.2) is 17.3 Å². The van der Waals surface area contributed by atoms with E-state index in [0.29, 0.717) is 34.3 Å². The van der Waals surface area contributed by atoms with Crippen molar-refractivity contribution in [3.05, 3.63) is 64.0 Å². The highest BCUT2D eigenvalue weighted by Crippen LogP contribution is 2.37. The van der Waals surface area contributed by atoms with Crippen LogP contribution in [-0.4, -0.2) is 29.1 Å². The smallest absolute Gasteiger partial charge is 0.416 e. The third-order valence-electron chi connectivity index (χ3n) is 4.73. The number of nitro groups is 1. The number of hydrogen-bond acceptors (Lipinski definition) is 7. The molecule has 1 atom stereocenters. The Hall–Kier alpha value is -3.89. The molecule has 1 aromatic heterocycles. The summed E-state index contributed by atoms with van der Waals surface area (Å²) in [6.07, 6.45) is -3.32. The number of nitrogens with one attached hydrogen (secondary N) is 1. The molecule has 8 nitrogen and oxygen atoms in total. The average Bonchev–Trinajstić information content (AvgIpc) is 2.76. The van der Waals surface area contributed by atoms with Crippen LogP contribution in [0.4, 0.5) is 24.7 Å². The van der Waals surface area contributed by atoms with E-state index in [9.17, 15) is 23.3 Å². The lowest BCUT2D eigenvalue weighted by atomic mass is 10.0. The molecule has 0 bridgehead atoms. The summed E-state index contributed by atoms with van der Waals surface area (Å²) in [6.45, 7) is 5.22. The van der Waals surface area contributed by atoms with Crippen LogP contribution in [-0.2, 0) is 6.18 Å². The van der Waals surface area contributed by atoms with Gasteiger partial charge in [-0.3, -0.25) is 10.1 Å². The molecule has 1 heterocycles. The lowest BCUT2D eigenvalue weighted by Crippen LogP contribution is -2.13. The maximum atomic E-state index is 13.3. The number of benzene rings is 2. The third-order valence-corrected chi connectivity index (χ3v) is 4.73. The van der Waals surface area contributed by atoms with Crippen LogP contribution in [0.15, 0.2) is 36.9 Å². The van der Waals surface area contributed by atoms with E-state index in [-0.39, 0.29) is 11.4 Å². The van der Waals surface area contributed by atoms with Crippen LogP contribution in [0, 0.1) is 10.1 Å². The Balaban J connectivity index is 2.12. The van der Waals surface area contributed by atoms with Gasteiger partial charge in [0.25, 0.3) is 5.69 Å². The molecular formula is C21H19F3N4O4. The van der Waals surface area contributed by atoms with Crippen molar-refractivity contribution in [3.8, 4) is 11.5 Å². The van der Waals surface area contributed by atoms with Crippen molar-refractivity contribution >= 4 is 28.5 Å². The first kappa shape index (κ1) is 22.8. The van der Waals surface area contributed by atoms with Crippen LogP contribution in [0.3, 0.4) is 0 Å². The number of halogens is 3. The molecule has 0 fully saturated rings. The van der Waals surface area contributed by atoms with Crippen molar-refractivity contribution in [1.82, 2.24) is 9.97 Å². The minimum atomic E-state index is -4.73. The van der Waals surface area contributed by atoms with Crippen LogP contribution in [0.1, 0.15) is 29.9 Å². The first-order valence-electron chi connectivity index (χ1n) is 9.26. The van der Waals surface area contributed by atoms with E-state index < -0.39 is 28.4 Å². The predicted molar refractivity (Wildman–Crippen MR) is 113 cm³/mol. The van der Waals surface area contributed by atoms with Crippen molar-refractivity contribution < 1.29 is 27.6 Å². The van der Waals surface area contributed by atoms with E-state index in [1.54, 1.807) is 19.1 Å². The van der Waals surface area contributed by atoms with Gasteiger partial charge in [-0.1, -0.05) is 6.58 Å². The van der Waals surface area contributed by atoms with E-state index in [1.807, 2.05) is 0 Å². The number of non-ortho nitro benzene ring substituents is 1. The van der Waals surface area contributed by atoms with Gasteiger partial charge >= 0.3 is 6.18 Å². The molecular weight excluding hydrogens is 429 g/mol. The highest BCUT2D eigenvalue weighted by molar-refractivity contribution is 5.92. The highest BCUT2D eigenvalue weighted by atomic mass is 19.4. The van der Waals surface area contributed by atoms with Gasteiger partial charge in [0.1, 0.15) is 5.82 Å². The summed E-state index contributed by atoms with van der Waals surface area (Å²) in [7, 11) is 2.93. The Bertz CT molecular complexity index is 1200. The third kappa shape index (κ3) is 4.56. The van der Waals surface area contributed by atoms with Crippen LogP contribution in [0.5, 0.6) is 11.5 Å². The predicted octanol–water partition coefficient (Wildman–Crippen LogP) is 5.39. The molecule has 3 rings (SSSR count). The van der Waals surface area contributed by atoms with Gasteiger partial charge in [-0.15, -0.1) is 0 Å². The molecule has 0 saturated carbocycles. The molecule has 3 aromatic rings. The standard InChI is InChI=1S/C21H19F3N4O4/c1-5-19-26-16-10-18(32-4)17(31-3)9-15(16)20(27-19)25-11(2)12-6-13(21(22,23)24)8-14(7-12)28(29)30/h5-11H,1H2,2-4H3,(H,25,26,27). The number of aromatic nitrogens is 2. The number of nitro benzene ring substituents is 1. The molecule has 1 unspecified atom stereocenters. The van der Waals surface area contributed by atoms with Crippen molar-refractivity contribution in [2.75, 3.05) is 19.5 Å². The molecule has 32 heavy (non-hydrogen) atoms. The summed E-state index contributed by atoms with van der Waals surface area (Å²) in [4.78, 5) is 19.0. The minimum Gasteiger partial charge on any atom is -0.493 e. The summed E-state index contributed by atoms with van der Waals surface area (Å²) in [5.41, 5.74) is -1.22. The van der Waals surface area contributed by atoms with E-state index in [4.69, 9.17) is 9.47 Å². The maximum absolute atomic E-state index is 13.3. The Labute approximate surface area is 180 Å². The van der Waals surface area contributed by atoms with E-state index in [1.165, 1.54) is 20.3 Å². The second-order valence-corrected chi connectivity index (χ2v) is 6.79. The van der Waals surface area contributed by atoms with Crippen molar-refractivity contribution in [2.24, 2.45) is 0 Å². The normalized spacial score (nSPS) is 12.3. The Morgan fingerprint density at radius 3 is 2.34 bits per heavy atom. The van der Waals surface area contributed by atoms with Crippen molar-refractivity contribution in [3.63, 3.8) is 0 Å². The molecule has 0 radical (unpaired) electrons. The second kappa shape index (κ2) is 8.69. The minimum absolute atomic E-state index is 0.0684. The molecule has 0 aliphatic heterocycles. The number of methoxy groups -OCH3 is 2. The number of rotatable bonds is 7. The molecule has 2 aromatic carbocycles. The Kier molecular flexibility index (Phi) is 6.19. The quantitative estimate of drug-likeness (QED) is 0.382. The van der Waals surface area contributed by atoms with E-state index in [0.717, 1.165) is 12.1 Å². The van der Waals surface area contributed by atoms with Crippen LogP contribution >= 0.6 is 0 Å². The average molecular weight is 448 g/mol. The zero-order valence-corrected chi connectivity index (χ0v) is 17.4. The molecule has 0 aliphatic rings. The second-order valence-electron chi connectivity index (χ2n) is 6.79. The van der Waals surface area contributed by atoms with Gasteiger partial charge < -0.3 is 14.8 Å². The lowest BCUT2D eigenvalue weighted by Gasteiger charge is -2.19. The summed E-state index contributed by atoms with van der Waals surface area (Å²) in [6, 6.07) is 4.96. The fourth-order valence-electron chi connectivity index (χ4n) is 3.12. The molecule has 0 amide bonds. The van der Waals surface area contributed by atoms with Gasteiger partial charge in [0.2, 0.25) is 0 Å². The molecule has 0 spiro atoms. The van der Waals surface area contributed by atoms with Crippen LogP contribution < -0.4 is 14.8 Å². The number of anilines is 1. The number of nitrogens with zero attached hydrogens (tertiary/aromatic N) is 3. The lowest BCUT2D eigenvalue weighted by molar-refractivity contribution is -0.385. The van der Waals surface area contributed by atoms with E-state index >= 15 is 0 Å². The number of fused-ring (bicyclic) bond motifs is 1. The number of ether oxygens (including phenoxy) is 2. The number of alkyl halides is 3. The van der Waals surface area contributed by atoms with Gasteiger partial charge in [-0.05, 0) is 30.7 Å². The van der Waals surface area contributed by atoms with Gasteiger partial charge in [-0.25, -0.2) is 9.97 Å². The summed E-state index contributed by atoms with van der Waals surface area (Å²) >= 11 is 0. The van der Waals surface area contributed by atoms with E-state index in [2.05, 4.69) is 21.9 Å². The molecule has 0 saturated heterocycles. The van der Waals surface area contributed by atoms with Crippen molar-refractivity contribution in [1.29, 1.82) is 0 Å². The monoisotopic (exact) mass is 448 g/mol. The molecule has 168 valence electrons. The first-order valence-corrected chi connectivity index (χ1v) is 9.26. The van der Waals surface area contributed by atoms with Gasteiger partial charge in [0.05, 0.1) is 36.3 Å². The molecule has 1 N–H and O–H groups in total. The zero-order chi connectivity index (χ0) is 23.6. The highest BCUT2D eigenvalue weighted by Gasteiger charge is 2.33. The fourth-order valence-corrected chi connectivity index (χ4v) is 3.12. The van der Waals surface area contributed by atoms with Crippen LogP contribution in [0.2, 0.25) is 0 Å². The van der Waals surface area contributed by atoms with Gasteiger partial charge in [-0.2, -0.15) is 13.2 Å². The fraction of sp³-hybridized carbons (Fsp3) is 0.238. The van der Waals surface area contributed by atoms with Crippen LogP contribution in [0.25, 0.3) is 17.0 Å². The SMILES string of the molecule is C=Cc1nc(NC(C)c2cc([N+](=O)[O-])cc(C(F)(F)F)c2)c2cc(OC)c(OC)cc2n1. The topological polar surface area (TPSA) is 99.4 Å². The maximum Gasteiger partial charge on any atom is 0.416 e.